The van der Waals surface area contributed by atoms with E-state index in [1.807, 2.05) is 18.2 Å². The number of nitrogens with two attached hydrogens (primary N) is 1. The Morgan fingerprint density at radius 3 is 2.62 bits per heavy atom. The van der Waals surface area contributed by atoms with E-state index < -0.39 is 5.41 Å². The van der Waals surface area contributed by atoms with Crippen molar-refractivity contribution in [2.24, 2.45) is 28.9 Å². The van der Waals surface area contributed by atoms with E-state index in [4.69, 9.17) is 5.73 Å². The highest BCUT2D eigenvalue weighted by Gasteiger charge is 2.59. The van der Waals surface area contributed by atoms with Crippen LogP contribution in [0.25, 0.3) is 10.9 Å². The van der Waals surface area contributed by atoms with Crippen molar-refractivity contribution < 1.29 is 14.8 Å². The predicted octanol–water partition coefficient (Wildman–Crippen LogP) is 5.20. The number of hydrogen-bond acceptors (Lipinski definition) is 4. The number of nitrogens with zero attached hydrogens (tertiary/aromatic N) is 1. The molecule has 0 spiro atoms. The van der Waals surface area contributed by atoms with Crippen LogP contribution < -0.4 is 10.8 Å². The molecule has 1 aromatic heterocycles. The van der Waals surface area contributed by atoms with E-state index in [-0.39, 0.29) is 17.7 Å². The van der Waals surface area contributed by atoms with Gasteiger partial charge in [0.15, 0.2) is 5.78 Å². The second-order valence-electron chi connectivity index (χ2n) is 10.5. The van der Waals surface area contributed by atoms with Crippen molar-refractivity contribution in [2.75, 3.05) is 5.06 Å². The Morgan fingerprint density at radius 1 is 1.16 bits per heavy atom. The molecule has 6 rings (SSSR count). The highest BCUT2D eigenvalue weighted by molar-refractivity contribution is 6.13. The van der Waals surface area contributed by atoms with E-state index >= 15 is 0 Å². The van der Waals surface area contributed by atoms with Crippen LogP contribution in [-0.2, 0) is 4.79 Å². The Labute approximate surface area is 189 Å². The first kappa shape index (κ1) is 21.7. The van der Waals surface area contributed by atoms with Gasteiger partial charge in [-0.05, 0) is 62.3 Å². The van der Waals surface area contributed by atoms with Gasteiger partial charge in [0.1, 0.15) is 0 Å². The van der Waals surface area contributed by atoms with E-state index in [1.54, 1.807) is 6.20 Å². The Bertz CT molecular complexity index is 1010. The monoisotopic (exact) mass is 437 g/mol. The highest BCUT2D eigenvalue weighted by atomic mass is 16.5. The number of carbonyl (C=O) groups excluding carboxylic acids is 2. The van der Waals surface area contributed by atoms with E-state index in [0.717, 1.165) is 43.6 Å². The van der Waals surface area contributed by atoms with Crippen LogP contribution in [0.3, 0.4) is 0 Å². The molecule has 1 heterocycles. The molecule has 1 aromatic carbocycles. The molecule has 172 valence electrons. The zero-order chi connectivity index (χ0) is 22.5. The summed E-state index contributed by atoms with van der Waals surface area (Å²) in [6, 6.07) is 5.49. The summed E-state index contributed by atoms with van der Waals surface area (Å²) in [7, 11) is 0. The number of amides is 1. The van der Waals surface area contributed by atoms with Crippen LogP contribution in [0.4, 0.5) is 5.69 Å². The van der Waals surface area contributed by atoms with E-state index in [2.05, 4.69) is 11.9 Å². The first-order chi connectivity index (χ1) is 15.4. The van der Waals surface area contributed by atoms with Gasteiger partial charge in [0.25, 0.3) is 5.91 Å². The molecule has 32 heavy (non-hydrogen) atoms. The van der Waals surface area contributed by atoms with Crippen LogP contribution >= 0.6 is 0 Å². The van der Waals surface area contributed by atoms with Gasteiger partial charge in [0.2, 0.25) is 0 Å². The maximum Gasteiger partial charge on any atom is 0.250 e. The lowest BCUT2D eigenvalue weighted by atomic mass is 9.46. The summed E-state index contributed by atoms with van der Waals surface area (Å²) in [5, 5.41) is 12.0. The van der Waals surface area contributed by atoms with Crippen molar-refractivity contribution in [1.82, 2.24) is 4.98 Å². The molecule has 4 fully saturated rings. The molecule has 4 aliphatic rings. The number of anilines is 1. The number of ketones is 1. The number of aromatic nitrogens is 1. The number of unbranched alkanes of at least 4 members (excludes halogenated alkanes) is 3. The summed E-state index contributed by atoms with van der Waals surface area (Å²) in [5.74, 6) is 1.52. The third-order valence-electron chi connectivity index (χ3n) is 8.49. The topological polar surface area (TPSA) is 99.4 Å². The number of para-hydroxylation sites is 1. The number of carbonyl (C=O) groups is 2. The zero-order valence-corrected chi connectivity index (χ0v) is 19.0. The van der Waals surface area contributed by atoms with Crippen LogP contribution in [-0.4, -0.2) is 27.9 Å². The molecule has 3 unspecified atom stereocenters. The summed E-state index contributed by atoms with van der Waals surface area (Å²) in [6.07, 6.45) is 11.2. The average molecular weight is 438 g/mol. The first-order valence-electron chi connectivity index (χ1n) is 12.4. The lowest BCUT2D eigenvalue weighted by Crippen LogP contribution is -2.62. The molecule has 6 nitrogen and oxygen atoms in total. The molecule has 0 radical (unpaired) electrons. The molecule has 4 saturated carbocycles. The van der Waals surface area contributed by atoms with Gasteiger partial charge in [-0.25, -0.2) is 0 Å². The summed E-state index contributed by atoms with van der Waals surface area (Å²) >= 11 is 0. The van der Waals surface area contributed by atoms with E-state index in [1.165, 1.54) is 19.3 Å². The first-order valence-corrected chi connectivity index (χ1v) is 12.4. The lowest BCUT2D eigenvalue weighted by Gasteiger charge is -2.59. The average Bonchev–Trinajstić information content (AvgIpc) is 3.22. The summed E-state index contributed by atoms with van der Waals surface area (Å²) in [6.45, 7) is 2.13. The second kappa shape index (κ2) is 8.31. The fourth-order valence-corrected chi connectivity index (χ4v) is 7.13. The largest absolute Gasteiger partial charge is 0.359 e. The summed E-state index contributed by atoms with van der Waals surface area (Å²) < 4.78 is 0. The van der Waals surface area contributed by atoms with Gasteiger partial charge in [-0.1, -0.05) is 38.3 Å². The van der Waals surface area contributed by atoms with Crippen molar-refractivity contribution in [3.63, 3.8) is 0 Å². The lowest BCUT2D eigenvalue weighted by molar-refractivity contribution is -0.123. The fourth-order valence-electron chi connectivity index (χ4n) is 7.13. The van der Waals surface area contributed by atoms with Crippen molar-refractivity contribution in [3.8, 4) is 0 Å². The molecular formula is C26H35N3O3. The fraction of sp³-hybridized carbons (Fsp3) is 0.615. The van der Waals surface area contributed by atoms with Gasteiger partial charge >= 0.3 is 0 Å². The van der Waals surface area contributed by atoms with Crippen LogP contribution in [0.1, 0.15) is 81.5 Å². The minimum atomic E-state index is -0.470. The van der Waals surface area contributed by atoms with Crippen molar-refractivity contribution in [3.05, 3.63) is 30.0 Å². The van der Waals surface area contributed by atoms with Crippen LogP contribution in [0.2, 0.25) is 0 Å². The van der Waals surface area contributed by atoms with Crippen molar-refractivity contribution in [1.29, 1.82) is 0 Å². The van der Waals surface area contributed by atoms with Crippen LogP contribution in [0, 0.1) is 23.2 Å². The van der Waals surface area contributed by atoms with Gasteiger partial charge in [-0.15, -0.1) is 0 Å². The molecule has 3 atom stereocenters. The van der Waals surface area contributed by atoms with Crippen LogP contribution in [0.5, 0.6) is 0 Å². The Hall–Kier alpha value is -2.18. The minimum absolute atomic E-state index is 0.0773. The Balaban J connectivity index is 1.42. The van der Waals surface area contributed by atoms with E-state index in [9.17, 15) is 14.8 Å². The number of benzene rings is 1. The summed E-state index contributed by atoms with van der Waals surface area (Å²) in [4.78, 5) is 29.7. The number of rotatable bonds is 8. The Morgan fingerprint density at radius 2 is 1.91 bits per heavy atom. The predicted molar refractivity (Wildman–Crippen MR) is 125 cm³/mol. The van der Waals surface area contributed by atoms with Gasteiger partial charge in [-0.3, -0.25) is 14.8 Å². The molecule has 1 amide bonds. The second-order valence-corrected chi connectivity index (χ2v) is 10.5. The third kappa shape index (κ3) is 3.39. The van der Waals surface area contributed by atoms with Gasteiger partial charge in [0.05, 0.1) is 11.2 Å². The molecule has 2 aromatic rings. The molecule has 0 saturated heterocycles. The number of nitrogens with one attached hydrogen (secondary N) is 1. The third-order valence-corrected chi connectivity index (χ3v) is 8.49. The molecule has 4 bridgehead atoms. The maximum absolute atomic E-state index is 14.0. The number of fused-ring (bicyclic) bond motifs is 1. The zero-order valence-electron chi connectivity index (χ0n) is 19.0. The van der Waals surface area contributed by atoms with Gasteiger partial charge in [0, 0.05) is 35.0 Å². The van der Waals surface area contributed by atoms with E-state index in [0.29, 0.717) is 46.3 Å². The van der Waals surface area contributed by atoms with Gasteiger partial charge < -0.3 is 10.7 Å². The van der Waals surface area contributed by atoms with Crippen molar-refractivity contribution in [2.45, 2.75) is 77.2 Å². The number of hydroxylamine groups is 1. The quantitative estimate of drug-likeness (QED) is 0.229. The number of aromatic amines is 1. The summed E-state index contributed by atoms with van der Waals surface area (Å²) in [5.41, 5.74) is 7.98. The van der Waals surface area contributed by atoms with Gasteiger partial charge in [-0.2, -0.15) is 5.06 Å². The maximum atomic E-state index is 14.0. The standard InChI is InChI=1S/C26H35N3O3/c1-2-3-4-5-9-22(30)29(32)21-15-28-23-19(21)7-6-8-20(23)25(31)26-13-16-10-17(14-26)12-18(11-16)24(26)27/h6-8,15-18,24,28,32H,2-5,9-14,27H2,1H3. The molecule has 4 N–H and O–H groups in total. The normalized spacial score (nSPS) is 30.7. The molecular weight excluding hydrogens is 402 g/mol. The SMILES string of the molecule is CCCCCCC(=O)N(O)c1c[nH]c2c(C(=O)C34CC5CC(CC(C5)C3N)C4)cccc12. The Kier molecular flexibility index (Phi) is 5.62. The molecule has 6 heteroatoms. The number of Topliss-reactive ketones (excluding diaryl/α,β-unsaturated/α-hetero) is 1. The number of H-pyrrole nitrogens is 1. The molecule has 4 aliphatic carbocycles. The smallest absolute Gasteiger partial charge is 0.250 e. The minimum Gasteiger partial charge on any atom is -0.359 e. The number of hydrogen-bond donors (Lipinski definition) is 3. The highest BCUT2D eigenvalue weighted by Crippen LogP contribution is 2.60. The molecule has 0 aliphatic heterocycles. The van der Waals surface area contributed by atoms with Crippen molar-refractivity contribution >= 4 is 28.3 Å². The van der Waals surface area contributed by atoms with Crippen LogP contribution in [0.15, 0.2) is 24.4 Å².